The highest BCUT2D eigenvalue weighted by atomic mass is 19.1. The van der Waals surface area contributed by atoms with Gasteiger partial charge < -0.3 is 25.2 Å². The van der Waals surface area contributed by atoms with Gasteiger partial charge in [0, 0.05) is 0 Å². The zero-order valence-corrected chi connectivity index (χ0v) is 6.17. The van der Waals surface area contributed by atoms with Gasteiger partial charge in [-0.25, -0.2) is 4.39 Å². The molecule has 4 N–H and O–H groups in total. The van der Waals surface area contributed by atoms with E-state index in [0.29, 0.717) is 0 Å². The Morgan fingerprint density at radius 2 is 1.58 bits per heavy atom. The highest BCUT2D eigenvalue weighted by molar-refractivity contribution is 4.88. The molecule has 1 aliphatic heterocycles. The number of hydrogen-bond donors (Lipinski definition) is 4. The fourth-order valence-electron chi connectivity index (χ4n) is 1.06. The zero-order chi connectivity index (χ0) is 9.30. The third-order valence-electron chi connectivity index (χ3n) is 1.84. The van der Waals surface area contributed by atoms with Crippen LogP contribution in [0.25, 0.3) is 0 Å². The molecule has 72 valence electrons. The summed E-state index contributed by atoms with van der Waals surface area (Å²) in [6, 6.07) is 0. The van der Waals surface area contributed by atoms with Gasteiger partial charge in [-0.3, -0.25) is 0 Å². The SMILES string of the molecule is O[C@@H]1[C@H](O)[C@H](O)O[C@@H](CF)[C@H]1O. The molecule has 0 spiro atoms. The number of halogens is 1. The maximum Gasteiger partial charge on any atom is 0.184 e. The van der Waals surface area contributed by atoms with Crippen molar-refractivity contribution >= 4 is 0 Å². The topological polar surface area (TPSA) is 90.2 Å². The molecule has 0 aliphatic carbocycles. The molecule has 0 amide bonds. The lowest BCUT2D eigenvalue weighted by Gasteiger charge is -2.37. The summed E-state index contributed by atoms with van der Waals surface area (Å²) in [6.45, 7) is -1.03. The van der Waals surface area contributed by atoms with Crippen LogP contribution in [0.3, 0.4) is 0 Å². The van der Waals surface area contributed by atoms with E-state index in [9.17, 15) is 4.39 Å². The summed E-state index contributed by atoms with van der Waals surface area (Å²) in [7, 11) is 0. The molecule has 5 nitrogen and oxygen atoms in total. The quantitative estimate of drug-likeness (QED) is 0.368. The van der Waals surface area contributed by atoms with Crippen LogP contribution in [0.2, 0.25) is 0 Å². The second-order valence-corrected chi connectivity index (χ2v) is 2.69. The van der Waals surface area contributed by atoms with E-state index in [1.165, 1.54) is 0 Å². The summed E-state index contributed by atoms with van der Waals surface area (Å²) in [5.74, 6) is 0. The summed E-state index contributed by atoms with van der Waals surface area (Å²) in [4.78, 5) is 0. The van der Waals surface area contributed by atoms with Gasteiger partial charge in [-0.05, 0) is 0 Å². The monoisotopic (exact) mass is 182 g/mol. The predicted molar refractivity (Wildman–Crippen MR) is 34.9 cm³/mol. The van der Waals surface area contributed by atoms with Crippen molar-refractivity contribution in [2.75, 3.05) is 6.67 Å². The molecular formula is C6H11FO5. The van der Waals surface area contributed by atoms with Crippen LogP contribution in [0, 0.1) is 0 Å². The molecule has 1 heterocycles. The third kappa shape index (κ3) is 1.57. The van der Waals surface area contributed by atoms with Crippen LogP contribution in [0.5, 0.6) is 0 Å². The van der Waals surface area contributed by atoms with Gasteiger partial charge in [0.2, 0.25) is 0 Å². The predicted octanol–water partition coefficient (Wildman–Crippen LogP) is -2.24. The lowest BCUT2D eigenvalue weighted by molar-refractivity contribution is -0.283. The Bertz CT molecular complexity index is 150. The summed E-state index contributed by atoms with van der Waals surface area (Å²) >= 11 is 0. The maximum atomic E-state index is 12.0. The molecule has 0 radical (unpaired) electrons. The van der Waals surface area contributed by atoms with Crippen molar-refractivity contribution < 1.29 is 29.6 Å². The molecule has 0 saturated carbocycles. The van der Waals surface area contributed by atoms with Gasteiger partial charge in [0.25, 0.3) is 0 Å². The highest BCUT2D eigenvalue weighted by Gasteiger charge is 2.42. The van der Waals surface area contributed by atoms with Crippen LogP contribution in [0.4, 0.5) is 4.39 Å². The smallest absolute Gasteiger partial charge is 0.184 e. The van der Waals surface area contributed by atoms with Gasteiger partial charge in [0.1, 0.15) is 31.1 Å². The molecule has 6 heteroatoms. The van der Waals surface area contributed by atoms with E-state index < -0.39 is 37.4 Å². The average molecular weight is 182 g/mol. The van der Waals surface area contributed by atoms with Crippen LogP contribution in [-0.4, -0.2) is 57.8 Å². The largest absolute Gasteiger partial charge is 0.387 e. The molecule has 0 aromatic heterocycles. The van der Waals surface area contributed by atoms with Crippen molar-refractivity contribution in [1.82, 2.24) is 0 Å². The van der Waals surface area contributed by atoms with Crippen LogP contribution in [0.1, 0.15) is 0 Å². The Morgan fingerprint density at radius 1 is 1.00 bits per heavy atom. The number of ether oxygens (including phenoxy) is 1. The van der Waals surface area contributed by atoms with Crippen molar-refractivity contribution in [1.29, 1.82) is 0 Å². The van der Waals surface area contributed by atoms with Crippen LogP contribution < -0.4 is 0 Å². The molecule has 1 fully saturated rings. The van der Waals surface area contributed by atoms with Crippen molar-refractivity contribution in [3.8, 4) is 0 Å². The van der Waals surface area contributed by atoms with E-state index in [1.807, 2.05) is 0 Å². The molecule has 0 aromatic rings. The van der Waals surface area contributed by atoms with E-state index in [2.05, 4.69) is 4.74 Å². The van der Waals surface area contributed by atoms with Crippen LogP contribution >= 0.6 is 0 Å². The fraction of sp³-hybridized carbons (Fsp3) is 1.00. The Balaban J connectivity index is 2.63. The highest BCUT2D eigenvalue weighted by Crippen LogP contribution is 2.19. The molecule has 1 aliphatic rings. The Morgan fingerprint density at radius 3 is 2.08 bits per heavy atom. The first-order valence-corrected chi connectivity index (χ1v) is 3.51. The molecule has 0 unspecified atom stereocenters. The second kappa shape index (κ2) is 3.63. The van der Waals surface area contributed by atoms with E-state index in [0.717, 1.165) is 0 Å². The van der Waals surface area contributed by atoms with Crippen LogP contribution in [0.15, 0.2) is 0 Å². The average Bonchev–Trinajstić information content (AvgIpc) is 2.08. The minimum atomic E-state index is -1.65. The number of hydrogen-bond acceptors (Lipinski definition) is 5. The first-order chi connectivity index (χ1) is 5.57. The van der Waals surface area contributed by atoms with Gasteiger partial charge in [-0.2, -0.15) is 0 Å². The first-order valence-electron chi connectivity index (χ1n) is 3.51. The van der Waals surface area contributed by atoms with E-state index >= 15 is 0 Å². The minimum absolute atomic E-state index is 1.03. The number of rotatable bonds is 1. The van der Waals surface area contributed by atoms with Gasteiger partial charge in [-0.1, -0.05) is 0 Å². The fourth-order valence-corrected chi connectivity index (χ4v) is 1.06. The van der Waals surface area contributed by atoms with Gasteiger partial charge in [-0.15, -0.1) is 0 Å². The van der Waals surface area contributed by atoms with E-state index in [1.54, 1.807) is 0 Å². The normalized spacial score (nSPS) is 49.2. The summed E-state index contributed by atoms with van der Waals surface area (Å²) in [6.07, 6.45) is -7.60. The standard InChI is InChI=1S/C6H11FO5/c7-1-2-3(8)4(9)5(10)6(11)12-2/h2-6,8-11H,1H2/t2-,3+,4-,5-,6+/m0/s1. The number of aliphatic hydroxyl groups excluding tert-OH is 4. The third-order valence-corrected chi connectivity index (χ3v) is 1.84. The van der Waals surface area contributed by atoms with Crippen molar-refractivity contribution in [2.24, 2.45) is 0 Å². The first kappa shape index (κ1) is 9.82. The zero-order valence-electron chi connectivity index (χ0n) is 6.17. The molecule has 0 bridgehead atoms. The Kier molecular flexibility index (Phi) is 2.97. The molecular weight excluding hydrogens is 171 g/mol. The lowest BCUT2D eigenvalue weighted by atomic mass is 10.00. The number of alkyl halides is 1. The number of aliphatic hydroxyl groups is 4. The molecule has 1 rings (SSSR count). The van der Waals surface area contributed by atoms with Crippen molar-refractivity contribution in [2.45, 2.75) is 30.7 Å². The van der Waals surface area contributed by atoms with Gasteiger partial charge in [0.05, 0.1) is 0 Å². The van der Waals surface area contributed by atoms with Crippen LogP contribution in [-0.2, 0) is 4.74 Å². The molecule has 12 heavy (non-hydrogen) atoms. The Labute approximate surface area is 68.0 Å². The van der Waals surface area contributed by atoms with Gasteiger partial charge in [0.15, 0.2) is 6.29 Å². The Hall–Kier alpha value is -0.270. The van der Waals surface area contributed by atoms with Gasteiger partial charge >= 0.3 is 0 Å². The van der Waals surface area contributed by atoms with E-state index in [-0.39, 0.29) is 0 Å². The molecule has 0 aromatic carbocycles. The lowest BCUT2D eigenvalue weighted by Crippen LogP contribution is -2.58. The molecule has 1 saturated heterocycles. The van der Waals surface area contributed by atoms with Crippen molar-refractivity contribution in [3.63, 3.8) is 0 Å². The van der Waals surface area contributed by atoms with Crippen molar-refractivity contribution in [3.05, 3.63) is 0 Å². The summed E-state index contributed by atoms with van der Waals surface area (Å²) < 4.78 is 16.5. The minimum Gasteiger partial charge on any atom is -0.387 e. The maximum absolute atomic E-state index is 12.0. The second-order valence-electron chi connectivity index (χ2n) is 2.69. The summed E-state index contributed by atoms with van der Waals surface area (Å²) in [5, 5.41) is 35.8. The summed E-state index contributed by atoms with van der Waals surface area (Å²) in [5.41, 5.74) is 0. The van der Waals surface area contributed by atoms with E-state index in [4.69, 9.17) is 20.4 Å². The molecule has 5 atom stereocenters.